The SMILES string of the molecule is CCCCCC=CCC=CCC=CCC=CCCCC(=O)Nc1nccs1. The van der Waals surface area contributed by atoms with E-state index < -0.39 is 0 Å². The average Bonchev–Trinajstić information content (AvgIpc) is 3.17. The van der Waals surface area contributed by atoms with E-state index in [0.717, 1.165) is 32.1 Å². The number of hydrogen-bond acceptors (Lipinski definition) is 3. The standard InChI is InChI=1S/C23H34N2OS/c1-2-3-4-5-6-7-8-9-10-11-12-13-14-15-16-17-18-19-22(26)25-23-24-20-21-27-23/h6-7,9-10,12-13,15-16,20-21H,2-5,8,11,14,17-19H2,1H3,(H,24,25,26). The van der Waals surface area contributed by atoms with Gasteiger partial charge in [0, 0.05) is 18.0 Å². The fraction of sp³-hybridized carbons (Fsp3) is 0.478. The van der Waals surface area contributed by atoms with Crippen LogP contribution in [-0.4, -0.2) is 10.9 Å². The Morgan fingerprint density at radius 1 is 0.926 bits per heavy atom. The van der Waals surface area contributed by atoms with E-state index in [4.69, 9.17) is 0 Å². The van der Waals surface area contributed by atoms with Gasteiger partial charge in [0.1, 0.15) is 0 Å². The monoisotopic (exact) mass is 386 g/mol. The Morgan fingerprint density at radius 2 is 1.52 bits per heavy atom. The van der Waals surface area contributed by atoms with Crippen LogP contribution in [0.25, 0.3) is 0 Å². The third-order valence-electron chi connectivity index (χ3n) is 3.91. The first-order valence-corrected chi connectivity index (χ1v) is 11.0. The summed E-state index contributed by atoms with van der Waals surface area (Å²) in [5, 5.41) is 5.33. The first-order valence-electron chi connectivity index (χ1n) is 10.1. The number of amides is 1. The molecule has 27 heavy (non-hydrogen) atoms. The molecule has 0 aromatic carbocycles. The lowest BCUT2D eigenvalue weighted by Gasteiger charge is -1.99. The molecule has 1 N–H and O–H groups in total. The molecule has 0 bridgehead atoms. The van der Waals surface area contributed by atoms with Crippen molar-refractivity contribution in [2.75, 3.05) is 5.32 Å². The molecule has 0 fully saturated rings. The van der Waals surface area contributed by atoms with E-state index in [-0.39, 0.29) is 5.91 Å². The van der Waals surface area contributed by atoms with Crippen molar-refractivity contribution < 1.29 is 4.79 Å². The highest BCUT2D eigenvalue weighted by Gasteiger charge is 2.02. The molecule has 0 aliphatic carbocycles. The van der Waals surface area contributed by atoms with Crippen molar-refractivity contribution in [3.63, 3.8) is 0 Å². The number of anilines is 1. The number of nitrogens with one attached hydrogen (secondary N) is 1. The maximum Gasteiger partial charge on any atom is 0.226 e. The minimum absolute atomic E-state index is 0.0424. The number of carbonyl (C=O) groups is 1. The predicted molar refractivity (Wildman–Crippen MR) is 119 cm³/mol. The Kier molecular flexibility index (Phi) is 14.9. The van der Waals surface area contributed by atoms with Crippen molar-refractivity contribution >= 4 is 22.4 Å². The molecule has 0 unspecified atom stereocenters. The lowest BCUT2D eigenvalue weighted by molar-refractivity contribution is -0.116. The molecule has 1 aromatic rings. The summed E-state index contributed by atoms with van der Waals surface area (Å²) in [6.07, 6.45) is 29.9. The maximum absolute atomic E-state index is 11.7. The van der Waals surface area contributed by atoms with E-state index in [1.807, 2.05) is 5.38 Å². The number of rotatable bonds is 15. The number of carbonyl (C=O) groups excluding carboxylic acids is 1. The number of hydrogen-bond donors (Lipinski definition) is 1. The van der Waals surface area contributed by atoms with Gasteiger partial charge in [-0.05, 0) is 44.9 Å². The lowest BCUT2D eigenvalue weighted by atomic mass is 10.2. The van der Waals surface area contributed by atoms with E-state index in [2.05, 4.69) is 65.8 Å². The Balaban J connectivity index is 1.92. The van der Waals surface area contributed by atoms with Gasteiger partial charge in [-0.2, -0.15) is 0 Å². The molecule has 1 rings (SSSR count). The third-order valence-corrected chi connectivity index (χ3v) is 4.60. The van der Waals surface area contributed by atoms with Crippen molar-refractivity contribution in [2.45, 2.75) is 71.1 Å². The second-order valence-corrected chi connectivity index (χ2v) is 7.26. The molecule has 0 atom stereocenters. The van der Waals surface area contributed by atoms with Gasteiger partial charge in [-0.1, -0.05) is 68.4 Å². The molecule has 1 amide bonds. The van der Waals surface area contributed by atoms with Crippen LogP contribution in [0, 0.1) is 0 Å². The molecule has 0 saturated heterocycles. The largest absolute Gasteiger partial charge is 0.302 e. The zero-order chi connectivity index (χ0) is 19.4. The summed E-state index contributed by atoms with van der Waals surface area (Å²) in [4.78, 5) is 15.7. The highest BCUT2D eigenvalue weighted by Crippen LogP contribution is 2.11. The molecule has 0 aliphatic heterocycles. The van der Waals surface area contributed by atoms with Gasteiger partial charge in [0.05, 0.1) is 0 Å². The molecule has 0 aliphatic rings. The third kappa shape index (κ3) is 14.9. The van der Waals surface area contributed by atoms with E-state index >= 15 is 0 Å². The van der Waals surface area contributed by atoms with Crippen molar-refractivity contribution in [1.82, 2.24) is 4.98 Å². The summed E-state index contributed by atoms with van der Waals surface area (Å²) in [5.74, 6) is 0.0424. The number of unbranched alkanes of at least 4 members (excludes halogenated alkanes) is 4. The van der Waals surface area contributed by atoms with Crippen LogP contribution in [0.2, 0.25) is 0 Å². The summed E-state index contributed by atoms with van der Waals surface area (Å²) in [5.41, 5.74) is 0. The van der Waals surface area contributed by atoms with Crippen LogP contribution >= 0.6 is 11.3 Å². The van der Waals surface area contributed by atoms with Crippen molar-refractivity contribution in [2.24, 2.45) is 0 Å². The Morgan fingerprint density at radius 3 is 2.07 bits per heavy atom. The Bertz CT molecular complexity index is 586. The molecule has 3 nitrogen and oxygen atoms in total. The summed E-state index contributed by atoms with van der Waals surface area (Å²) in [6.45, 7) is 2.24. The number of allylic oxidation sites excluding steroid dienone is 8. The van der Waals surface area contributed by atoms with E-state index in [9.17, 15) is 4.79 Å². The van der Waals surface area contributed by atoms with E-state index in [1.54, 1.807) is 6.20 Å². The normalized spacial score (nSPS) is 12.2. The summed E-state index contributed by atoms with van der Waals surface area (Å²) >= 11 is 1.44. The van der Waals surface area contributed by atoms with Gasteiger partial charge in [0.25, 0.3) is 0 Å². The average molecular weight is 387 g/mol. The van der Waals surface area contributed by atoms with Gasteiger partial charge in [-0.25, -0.2) is 4.98 Å². The Labute approximate surface area is 169 Å². The quantitative estimate of drug-likeness (QED) is 0.255. The number of thiazole rings is 1. The maximum atomic E-state index is 11.7. The van der Waals surface area contributed by atoms with E-state index in [0.29, 0.717) is 11.6 Å². The van der Waals surface area contributed by atoms with Gasteiger partial charge >= 0.3 is 0 Å². The topological polar surface area (TPSA) is 42.0 Å². The van der Waals surface area contributed by atoms with Crippen LogP contribution in [0.1, 0.15) is 71.1 Å². The molecule has 0 spiro atoms. The Hall–Kier alpha value is -1.94. The van der Waals surface area contributed by atoms with Crippen LogP contribution in [0.5, 0.6) is 0 Å². The van der Waals surface area contributed by atoms with Crippen LogP contribution in [0.3, 0.4) is 0 Å². The van der Waals surface area contributed by atoms with Crippen molar-refractivity contribution in [1.29, 1.82) is 0 Å². The molecule has 4 heteroatoms. The van der Waals surface area contributed by atoms with Crippen molar-refractivity contribution in [3.05, 3.63) is 60.2 Å². The van der Waals surface area contributed by atoms with Gasteiger partial charge in [0.15, 0.2) is 5.13 Å². The molecule has 0 saturated carbocycles. The van der Waals surface area contributed by atoms with Crippen LogP contribution < -0.4 is 5.32 Å². The zero-order valence-corrected chi connectivity index (χ0v) is 17.4. The van der Waals surface area contributed by atoms with Crippen molar-refractivity contribution in [3.8, 4) is 0 Å². The second kappa shape index (κ2) is 17.5. The highest BCUT2D eigenvalue weighted by molar-refractivity contribution is 7.13. The lowest BCUT2D eigenvalue weighted by Crippen LogP contribution is -2.10. The van der Waals surface area contributed by atoms with Crippen LogP contribution in [0.15, 0.2) is 60.2 Å². The highest BCUT2D eigenvalue weighted by atomic mass is 32.1. The van der Waals surface area contributed by atoms with E-state index in [1.165, 1.54) is 37.0 Å². The molecule has 148 valence electrons. The molecule has 1 heterocycles. The number of nitrogens with zero attached hydrogens (tertiary/aromatic N) is 1. The first kappa shape index (κ1) is 23.1. The fourth-order valence-corrected chi connectivity index (χ4v) is 2.95. The van der Waals surface area contributed by atoms with Gasteiger partial charge < -0.3 is 5.32 Å². The molecule has 0 radical (unpaired) electrons. The number of aromatic nitrogens is 1. The van der Waals surface area contributed by atoms with Crippen LogP contribution in [0.4, 0.5) is 5.13 Å². The minimum Gasteiger partial charge on any atom is -0.302 e. The van der Waals surface area contributed by atoms with Gasteiger partial charge in [-0.3, -0.25) is 4.79 Å². The predicted octanol–water partition coefficient (Wildman–Crippen LogP) is 7.23. The molecular formula is C23H34N2OS. The molecular weight excluding hydrogens is 352 g/mol. The smallest absolute Gasteiger partial charge is 0.226 e. The zero-order valence-electron chi connectivity index (χ0n) is 16.6. The molecule has 1 aromatic heterocycles. The summed E-state index contributed by atoms with van der Waals surface area (Å²) in [7, 11) is 0. The summed E-state index contributed by atoms with van der Waals surface area (Å²) < 4.78 is 0. The second-order valence-electron chi connectivity index (χ2n) is 6.37. The van der Waals surface area contributed by atoms with Gasteiger partial charge in [0.2, 0.25) is 5.91 Å². The van der Waals surface area contributed by atoms with Crippen LogP contribution in [-0.2, 0) is 4.79 Å². The van der Waals surface area contributed by atoms with Gasteiger partial charge in [-0.15, -0.1) is 11.3 Å². The summed E-state index contributed by atoms with van der Waals surface area (Å²) in [6, 6.07) is 0. The first-order chi connectivity index (χ1) is 13.3. The minimum atomic E-state index is 0.0424. The fourth-order valence-electron chi connectivity index (χ4n) is 2.41.